The van der Waals surface area contributed by atoms with Crippen molar-refractivity contribution in [3.8, 4) is 0 Å². The molecule has 0 spiro atoms. The highest BCUT2D eigenvalue weighted by Gasteiger charge is 2.05. The molecule has 1 aromatic heterocycles. The number of rotatable bonds is 7. The lowest BCUT2D eigenvalue weighted by Gasteiger charge is -2.12. The molecule has 0 aliphatic heterocycles. The summed E-state index contributed by atoms with van der Waals surface area (Å²) in [5.74, 6) is -0.386. The van der Waals surface area contributed by atoms with Crippen molar-refractivity contribution in [2.75, 3.05) is 6.54 Å². The Balaban J connectivity index is 0.00000300. The number of aromatic nitrogens is 3. The van der Waals surface area contributed by atoms with Gasteiger partial charge in [0.25, 0.3) is 0 Å². The number of nitrogens with zero attached hydrogens (tertiary/aromatic N) is 4. The molecule has 0 amide bonds. The van der Waals surface area contributed by atoms with Crippen LogP contribution < -0.4 is 10.6 Å². The minimum atomic E-state index is -0.468. The number of hydrogen-bond donors (Lipinski definition) is 2. The van der Waals surface area contributed by atoms with Crippen LogP contribution in [0.4, 0.5) is 8.78 Å². The summed E-state index contributed by atoms with van der Waals surface area (Å²) in [6.07, 6.45) is 3.17. The fourth-order valence-electron chi connectivity index (χ4n) is 2.70. The average molecular weight is 512 g/mol. The van der Waals surface area contributed by atoms with Crippen molar-refractivity contribution < 1.29 is 8.78 Å². The summed E-state index contributed by atoms with van der Waals surface area (Å²) < 4.78 is 28.8. The van der Waals surface area contributed by atoms with E-state index in [0.717, 1.165) is 23.3 Å². The summed E-state index contributed by atoms with van der Waals surface area (Å²) in [6.45, 7) is 3.82. The van der Waals surface area contributed by atoms with Gasteiger partial charge in [-0.25, -0.2) is 23.4 Å². The fourth-order valence-corrected chi connectivity index (χ4v) is 2.70. The second-order valence-electron chi connectivity index (χ2n) is 6.20. The molecule has 29 heavy (non-hydrogen) atoms. The quantitative estimate of drug-likeness (QED) is 0.289. The number of benzene rings is 2. The standard InChI is InChI=1S/C20H22F2N6.HI/c1-2-24-20(26-11-17-9-18(21)6-7-19(17)22)25-10-15-4-3-5-16(8-15)12-28-14-23-13-27-28;/h3-9,13-14H,2,10-12H2,1H3,(H2,24,25,26);1H. The first-order valence-corrected chi connectivity index (χ1v) is 9.00. The van der Waals surface area contributed by atoms with E-state index in [4.69, 9.17) is 0 Å². The Labute approximate surface area is 185 Å². The molecule has 1 heterocycles. The van der Waals surface area contributed by atoms with Gasteiger partial charge in [-0.05, 0) is 36.2 Å². The maximum Gasteiger partial charge on any atom is 0.191 e. The molecule has 0 saturated carbocycles. The molecule has 0 bridgehead atoms. The third kappa shape index (κ3) is 7.08. The van der Waals surface area contributed by atoms with Crippen LogP contribution in [0.3, 0.4) is 0 Å². The van der Waals surface area contributed by atoms with Crippen LogP contribution in [0.1, 0.15) is 23.6 Å². The number of nitrogens with one attached hydrogen (secondary N) is 2. The van der Waals surface area contributed by atoms with E-state index in [-0.39, 0.29) is 36.1 Å². The monoisotopic (exact) mass is 512 g/mol. The van der Waals surface area contributed by atoms with Gasteiger partial charge in [-0.1, -0.05) is 24.3 Å². The summed E-state index contributed by atoms with van der Waals surface area (Å²) in [7, 11) is 0. The molecule has 0 fully saturated rings. The minimum Gasteiger partial charge on any atom is -0.357 e. The molecule has 0 aliphatic carbocycles. The summed E-state index contributed by atoms with van der Waals surface area (Å²) in [5, 5.41) is 10.3. The SMILES string of the molecule is CCNC(=NCc1cccc(Cn2cncn2)c1)NCc1cc(F)ccc1F.I. The highest BCUT2D eigenvalue weighted by Crippen LogP contribution is 2.10. The topological polar surface area (TPSA) is 67.1 Å². The first-order chi connectivity index (χ1) is 13.6. The van der Waals surface area contributed by atoms with Crippen molar-refractivity contribution in [1.29, 1.82) is 0 Å². The largest absolute Gasteiger partial charge is 0.357 e. The molecule has 6 nitrogen and oxygen atoms in total. The Bertz CT molecular complexity index is 930. The second-order valence-corrected chi connectivity index (χ2v) is 6.20. The molecule has 9 heteroatoms. The molecule has 0 aliphatic rings. The Morgan fingerprint density at radius 3 is 2.69 bits per heavy atom. The molecular formula is C20H23F2IN6. The van der Waals surface area contributed by atoms with E-state index >= 15 is 0 Å². The maximum atomic E-state index is 13.8. The predicted octanol–water partition coefficient (Wildman–Crippen LogP) is 3.48. The Hall–Kier alpha value is -2.56. The lowest BCUT2D eigenvalue weighted by atomic mass is 10.1. The van der Waals surface area contributed by atoms with Crippen LogP contribution in [0.15, 0.2) is 60.1 Å². The number of aliphatic imine (C=N–C) groups is 1. The molecular weight excluding hydrogens is 489 g/mol. The van der Waals surface area contributed by atoms with Crippen molar-refractivity contribution in [3.05, 3.63) is 83.4 Å². The van der Waals surface area contributed by atoms with Gasteiger partial charge in [0.05, 0.1) is 13.1 Å². The van der Waals surface area contributed by atoms with Gasteiger partial charge in [-0.3, -0.25) is 0 Å². The van der Waals surface area contributed by atoms with Gasteiger partial charge in [0, 0.05) is 18.7 Å². The number of hydrogen-bond acceptors (Lipinski definition) is 3. The van der Waals surface area contributed by atoms with Crippen molar-refractivity contribution in [1.82, 2.24) is 25.4 Å². The summed E-state index contributed by atoms with van der Waals surface area (Å²) in [6, 6.07) is 11.4. The van der Waals surface area contributed by atoms with Gasteiger partial charge in [0.1, 0.15) is 24.3 Å². The molecule has 0 radical (unpaired) electrons. The second kappa shape index (κ2) is 11.4. The van der Waals surface area contributed by atoms with Crippen molar-refractivity contribution in [2.24, 2.45) is 4.99 Å². The number of halogens is 3. The van der Waals surface area contributed by atoms with Gasteiger partial charge in [0.15, 0.2) is 5.96 Å². The highest BCUT2D eigenvalue weighted by molar-refractivity contribution is 14.0. The van der Waals surface area contributed by atoms with Crippen LogP contribution in [0, 0.1) is 11.6 Å². The molecule has 154 valence electrons. The Kier molecular flexibility index (Phi) is 8.97. The third-order valence-corrected chi connectivity index (χ3v) is 4.02. The summed E-state index contributed by atoms with van der Waals surface area (Å²) in [5.41, 5.74) is 2.38. The summed E-state index contributed by atoms with van der Waals surface area (Å²) >= 11 is 0. The first-order valence-electron chi connectivity index (χ1n) is 9.00. The maximum absolute atomic E-state index is 13.8. The van der Waals surface area contributed by atoms with Crippen LogP contribution in [-0.2, 0) is 19.6 Å². The molecule has 3 aromatic rings. The van der Waals surface area contributed by atoms with Crippen molar-refractivity contribution in [2.45, 2.75) is 26.6 Å². The smallest absolute Gasteiger partial charge is 0.191 e. The number of guanidine groups is 1. The van der Waals surface area contributed by atoms with E-state index in [1.54, 1.807) is 11.0 Å². The zero-order valence-electron chi connectivity index (χ0n) is 16.0. The Morgan fingerprint density at radius 2 is 1.93 bits per heavy atom. The zero-order chi connectivity index (χ0) is 19.8. The molecule has 2 N–H and O–H groups in total. The van der Waals surface area contributed by atoms with Crippen LogP contribution in [0.25, 0.3) is 0 Å². The third-order valence-electron chi connectivity index (χ3n) is 4.02. The van der Waals surface area contributed by atoms with Crippen LogP contribution >= 0.6 is 24.0 Å². The first kappa shape index (κ1) is 22.7. The van der Waals surface area contributed by atoms with Crippen LogP contribution in [0.2, 0.25) is 0 Å². The van der Waals surface area contributed by atoms with E-state index in [1.165, 1.54) is 12.4 Å². The molecule has 2 aromatic carbocycles. The zero-order valence-corrected chi connectivity index (χ0v) is 18.3. The van der Waals surface area contributed by atoms with E-state index in [9.17, 15) is 8.78 Å². The highest BCUT2D eigenvalue weighted by atomic mass is 127. The average Bonchev–Trinajstić information content (AvgIpc) is 3.20. The predicted molar refractivity (Wildman–Crippen MR) is 119 cm³/mol. The van der Waals surface area contributed by atoms with Crippen molar-refractivity contribution >= 4 is 29.9 Å². The minimum absolute atomic E-state index is 0. The van der Waals surface area contributed by atoms with Crippen molar-refractivity contribution in [3.63, 3.8) is 0 Å². The molecule has 0 saturated heterocycles. The lowest BCUT2D eigenvalue weighted by Crippen LogP contribution is -2.37. The molecule has 3 rings (SSSR count). The molecule has 0 unspecified atom stereocenters. The van der Waals surface area contributed by atoms with E-state index in [0.29, 0.717) is 25.6 Å². The Morgan fingerprint density at radius 1 is 1.10 bits per heavy atom. The van der Waals surface area contributed by atoms with Gasteiger partial charge >= 0.3 is 0 Å². The fraction of sp³-hybridized carbons (Fsp3) is 0.250. The lowest BCUT2D eigenvalue weighted by molar-refractivity contribution is 0.581. The normalized spacial score (nSPS) is 11.1. The van der Waals surface area contributed by atoms with Crippen LogP contribution in [-0.4, -0.2) is 27.3 Å². The van der Waals surface area contributed by atoms with Gasteiger partial charge in [-0.15, -0.1) is 24.0 Å². The van der Waals surface area contributed by atoms with Crippen LogP contribution in [0.5, 0.6) is 0 Å². The van der Waals surface area contributed by atoms with E-state index in [1.807, 2.05) is 25.1 Å². The van der Waals surface area contributed by atoms with Gasteiger partial charge in [0.2, 0.25) is 0 Å². The molecule has 0 atom stereocenters. The van der Waals surface area contributed by atoms with Gasteiger partial charge in [-0.2, -0.15) is 5.10 Å². The van der Waals surface area contributed by atoms with E-state index < -0.39 is 11.6 Å². The summed E-state index contributed by atoms with van der Waals surface area (Å²) in [4.78, 5) is 8.47. The van der Waals surface area contributed by atoms with Gasteiger partial charge < -0.3 is 10.6 Å². The van der Waals surface area contributed by atoms with E-state index in [2.05, 4.69) is 31.8 Å².